The molecule has 1 N–H and O–H groups in total. The second-order valence-corrected chi connectivity index (χ2v) is 4.78. The number of rotatable bonds is 9. The fourth-order valence-electron chi connectivity index (χ4n) is 1.61. The number of para-hydroxylation sites is 1. The highest BCUT2D eigenvalue weighted by Crippen LogP contribution is 2.27. The summed E-state index contributed by atoms with van der Waals surface area (Å²) in [5, 5.41) is 9.37. The Bertz CT molecular complexity index is 353. The van der Waals surface area contributed by atoms with Crippen LogP contribution < -0.4 is 4.74 Å². The monoisotopic (exact) mass is 287 g/mol. The van der Waals surface area contributed by atoms with Gasteiger partial charge in [0, 0.05) is 13.1 Å². The van der Waals surface area contributed by atoms with Crippen molar-refractivity contribution in [3.63, 3.8) is 0 Å². The lowest BCUT2D eigenvalue weighted by molar-refractivity contribution is 0.0811. The van der Waals surface area contributed by atoms with Crippen LogP contribution in [-0.4, -0.2) is 56.6 Å². The Morgan fingerprint density at radius 1 is 1.21 bits per heavy atom. The van der Waals surface area contributed by atoms with Crippen molar-refractivity contribution in [2.45, 2.75) is 6.92 Å². The van der Waals surface area contributed by atoms with E-state index >= 15 is 0 Å². The van der Waals surface area contributed by atoms with Gasteiger partial charge in [0.2, 0.25) is 0 Å². The Morgan fingerprint density at radius 3 is 2.68 bits per heavy atom. The first-order chi connectivity index (χ1) is 9.15. The van der Waals surface area contributed by atoms with Gasteiger partial charge in [-0.25, -0.2) is 0 Å². The summed E-state index contributed by atoms with van der Waals surface area (Å²) in [6.07, 6.45) is 0. The fourth-order valence-corrected chi connectivity index (χ4v) is 1.88. The van der Waals surface area contributed by atoms with Crippen LogP contribution in [0.1, 0.15) is 5.56 Å². The van der Waals surface area contributed by atoms with Gasteiger partial charge in [-0.05, 0) is 25.6 Å². The predicted octanol–water partition coefficient (Wildman–Crippen LogP) is 1.97. The van der Waals surface area contributed by atoms with Gasteiger partial charge in [0.05, 0.1) is 24.8 Å². The molecule has 19 heavy (non-hydrogen) atoms. The molecule has 0 saturated carbocycles. The van der Waals surface area contributed by atoms with Crippen LogP contribution in [-0.2, 0) is 4.74 Å². The Labute approximate surface area is 119 Å². The molecule has 0 amide bonds. The van der Waals surface area contributed by atoms with Gasteiger partial charge in [-0.1, -0.05) is 23.7 Å². The molecular formula is C14H22ClNO3. The minimum Gasteiger partial charge on any atom is -0.489 e. The third-order valence-corrected chi connectivity index (χ3v) is 3.03. The van der Waals surface area contributed by atoms with Gasteiger partial charge in [-0.3, -0.25) is 0 Å². The standard InChI is InChI=1S/C14H22ClNO3/c1-12-4-3-5-13(15)14(12)19-11-10-18-9-7-16(2)6-8-17/h3-5,17H,6-11H2,1-2H3. The Kier molecular flexibility index (Phi) is 7.82. The largest absolute Gasteiger partial charge is 0.489 e. The van der Waals surface area contributed by atoms with Gasteiger partial charge in [0.25, 0.3) is 0 Å². The summed E-state index contributed by atoms with van der Waals surface area (Å²) in [7, 11) is 1.95. The zero-order valence-corrected chi connectivity index (χ0v) is 12.3. The summed E-state index contributed by atoms with van der Waals surface area (Å²) in [5.41, 5.74) is 1.02. The summed E-state index contributed by atoms with van der Waals surface area (Å²) in [6, 6.07) is 5.68. The molecule has 108 valence electrons. The second kappa shape index (κ2) is 9.15. The van der Waals surface area contributed by atoms with E-state index in [2.05, 4.69) is 0 Å². The highest BCUT2D eigenvalue weighted by molar-refractivity contribution is 6.32. The minimum atomic E-state index is 0.172. The lowest BCUT2D eigenvalue weighted by Crippen LogP contribution is -2.26. The zero-order chi connectivity index (χ0) is 14.1. The van der Waals surface area contributed by atoms with Crippen molar-refractivity contribution >= 4 is 11.6 Å². The number of hydrogen-bond donors (Lipinski definition) is 1. The average Bonchev–Trinajstić information content (AvgIpc) is 2.36. The molecule has 0 aromatic heterocycles. The lowest BCUT2D eigenvalue weighted by atomic mass is 10.2. The Hall–Kier alpha value is -0.810. The highest BCUT2D eigenvalue weighted by Gasteiger charge is 2.04. The number of likely N-dealkylation sites (N-methyl/N-ethyl adjacent to an activating group) is 1. The maximum absolute atomic E-state index is 8.74. The highest BCUT2D eigenvalue weighted by atomic mass is 35.5. The summed E-state index contributed by atoms with van der Waals surface area (Å²) in [4.78, 5) is 2.01. The topological polar surface area (TPSA) is 41.9 Å². The van der Waals surface area contributed by atoms with Gasteiger partial charge < -0.3 is 19.5 Å². The van der Waals surface area contributed by atoms with Crippen LogP contribution in [0.3, 0.4) is 0 Å². The third kappa shape index (κ3) is 6.25. The van der Waals surface area contributed by atoms with Gasteiger partial charge >= 0.3 is 0 Å². The molecule has 0 radical (unpaired) electrons. The van der Waals surface area contributed by atoms with E-state index in [4.69, 9.17) is 26.2 Å². The number of halogens is 1. The minimum absolute atomic E-state index is 0.172. The van der Waals surface area contributed by atoms with E-state index in [1.807, 2.05) is 37.1 Å². The smallest absolute Gasteiger partial charge is 0.140 e. The van der Waals surface area contributed by atoms with Crippen LogP contribution in [0.15, 0.2) is 18.2 Å². The first kappa shape index (κ1) is 16.2. The van der Waals surface area contributed by atoms with Crippen molar-refractivity contribution in [1.29, 1.82) is 0 Å². The molecule has 0 spiro atoms. The van der Waals surface area contributed by atoms with Gasteiger partial charge in [0.15, 0.2) is 0 Å². The molecule has 0 fully saturated rings. The van der Waals surface area contributed by atoms with Crippen molar-refractivity contribution in [2.24, 2.45) is 0 Å². The van der Waals surface area contributed by atoms with Crippen molar-refractivity contribution in [3.05, 3.63) is 28.8 Å². The van der Waals surface area contributed by atoms with Crippen LogP contribution in [0.4, 0.5) is 0 Å². The lowest BCUT2D eigenvalue weighted by Gasteiger charge is -2.15. The van der Waals surface area contributed by atoms with Gasteiger partial charge in [-0.2, -0.15) is 0 Å². The molecule has 0 aliphatic carbocycles. The molecule has 1 aromatic rings. The van der Waals surface area contributed by atoms with E-state index in [1.165, 1.54) is 0 Å². The zero-order valence-electron chi connectivity index (χ0n) is 11.6. The van der Waals surface area contributed by atoms with Crippen LogP contribution in [0.5, 0.6) is 5.75 Å². The SMILES string of the molecule is Cc1cccc(Cl)c1OCCOCCN(C)CCO. The van der Waals surface area contributed by atoms with Crippen molar-refractivity contribution in [1.82, 2.24) is 4.90 Å². The van der Waals surface area contributed by atoms with E-state index < -0.39 is 0 Å². The predicted molar refractivity (Wildman–Crippen MR) is 77.1 cm³/mol. The molecule has 5 heteroatoms. The molecule has 0 aliphatic rings. The third-order valence-electron chi connectivity index (χ3n) is 2.74. The molecule has 1 aromatic carbocycles. The van der Waals surface area contributed by atoms with E-state index in [-0.39, 0.29) is 6.61 Å². The fraction of sp³-hybridized carbons (Fsp3) is 0.571. The van der Waals surface area contributed by atoms with Gasteiger partial charge in [-0.15, -0.1) is 0 Å². The number of aryl methyl sites for hydroxylation is 1. The molecule has 0 unspecified atom stereocenters. The van der Waals surface area contributed by atoms with Crippen LogP contribution in [0, 0.1) is 6.92 Å². The number of hydrogen-bond acceptors (Lipinski definition) is 4. The normalized spacial score (nSPS) is 11.0. The van der Waals surface area contributed by atoms with E-state index in [9.17, 15) is 0 Å². The molecule has 4 nitrogen and oxygen atoms in total. The van der Waals surface area contributed by atoms with E-state index in [1.54, 1.807) is 0 Å². The number of ether oxygens (including phenoxy) is 2. The van der Waals surface area contributed by atoms with Gasteiger partial charge in [0.1, 0.15) is 12.4 Å². The van der Waals surface area contributed by atoms with Crippen molar-refractivity contribution in [3.8, 4) is 5.75 Å². The Balaban J connectivity index is 2.14. The molecule has 0 saturated heterocycles. The number of aliphatic hydroxyl groups excluding tert-OH is 1. The van der Waals surface area contributed by atoms with E-state index in [0.717, 1.165) is 17.9 Å². The maximum atomic E-state index is 8.74. The van der Waals surface area contributed by atoms with E-state index in [0.29, 0.717) is 31.4 Å². The quantitative estimate of drug-likeness (QED) is 0.705. The molecule has 0 heterocycles. The molecule has 0 bridgehead atoms. The first-order valence-corrected chi connectivity index (χ1v) is 6.78. The first-order valence-electron chi connectivity index (χ1n) is 6.40. The summed E-state index contributed by atoms with van der Waals surface area (Å²) in [5.74, 6) is 0.727. The number of aliphatic hydroxyl groups is 1. The molecule has 0 aliphatic heterocycles. The van der Waals surface area contributed by atoms with Crippen molar-refractivity contribution < 1.29 is 14.6 Å². The second-order valence-electron chi connectivity index (χ2n) is 4.37. The molecule has 1 rings (SSSR count). The van der Waals surface area contributed by atoms with Crippen LogP contribution in [0.25, 0.3) is 0 Å². The van der Waals surface area contributed by atoms with Crippen LogP contribution in [0.2, 0.25) is 5.02 Å². The summed E-state index contributed by atoms with van der Waals surface area (Å²) in [6.45, 7) is 5.23. The summed E-state index contributed by atoms with van der Waals surface area (Å²) >= 11 is 6.05. The molecular weight excluding hydrogens is 266 g/mol. The van der Waals surface area contributed by atoms with Crippen molar-refractivity contribution in [2.75, 3.05) is 46.6 Å². The molecule has 0 atom stereocenters. The maximum Gasteiger partial charge on any atom is 0.140 e. The van der Waals surface area contributed by atoms with Crippen LogP contribution >= 0.6 is 11.6 Å². The Morgan fingerprint density at radius 2 is 2.00 bits per heavy atom. The average molecular weight is 288 g/mol. The number of nitrogens with zero attached hydrogens (tertiary/aromatic N) is 1. The number of benzene rings is 1. The summed E-state index contributed by atoms with van der Waals surface area (Å²) < 4.78 is 11.1.